The van der Waals surface area contributed by atoms with E-state index in [0.717, 1.165) is 17.1 Å². The second kappa shape index (κ2) is 6.27. The molecule has 0 unspecified atom stereocenters. The molecular formula is C26H27O. The first-order chi connectivity index (χ1) is 12.7. The van der Waals surface area contributed by atoms with Crippen LogP contribution in [0.4, 0.5) is 0 Å². The molecule has 1 heteroatoms. The van der Waals surface area contributed by atoms with E-state index in [-0.39, 0.29) is 5.41 Å². The molecule has 1 heterocycles. The third-order valence-corrected chi connectivity index (χ3v) is 5.59. The zero-order valence-electron chi connectivity index (χ0n) is 17.1. The molecule has 1 radical (unpaired) electrons. The Labute approximate surface area is 162 Å². The number of fused-ring (bicyclic) bond motifs is 1. The van der Waals surface area contributed by atoms with Crippen molar-refractivity contribution in [1.29, 1.82) is 0 Å². The van der Waals surface area contributed by atoms with E-state index in [9.17, 15) is 0 Å². The van der Waals surface area contributed by atoms with E-state index in [1.807, 2.05) is 13.0 Å². The van der Waals surface area contributed by atoms with Crippen LogP contribution in [0.5, 0.6) is 0 Å². The average Bonchev–Trinajstić information content (AvgIpc) is 3.21. The minimum Gasteiger partial charge on any atom is -0.462 e. The van der Waals surface area contributed by atoms with Crippen LogP contribution in [0.2, 0.25) is 0 Å². The van der Waals surface area contributed by atoms with Gasteiger partial charge in [0.1, 0.15) is 11.5 Å². The number of aryl methyl sites for hydroxylation is 2. The SMILES string of the molecule is Cc1ccc(C2=Cc3c(cc(C)c(C)c3-c3ccc(C(C)(C)C)cc3)[CH]2)o1. The molecule has 0 amide bonds. The summed E-state index contributed by atoms with van der Waals surface area (Å²) in [6.07, 6.45) is 4.51. The summed E-state index contributed by atoms with van der Waals surface area (Å²) in [5, 5.41) is 0. The largest absolute Gasteiger partial charge is 0.462 e. The van der Waals surface area contributed by atoms with Crippen molar-refractivity contribution < 1.29 is 4.42 Å². The number of hydrogen-bond acceptors (Lipinski definition) is 1. The monoisotopic (exact) mass is 355 g/mol. The van der Waals surface area contributed by atoms with E-state index in [1.165, 1.54) is 38.9 Å². The van der Waals surface area contributed by atoms with Crippen LogP contribution < -0.4 is 0 Å². The molecule has 0 spiro atoms. The van der Waals surface area contributed by atoms with E-state index < -0.39 is 0 Å². The minimum atomic E-state index is 0.167. The normalized spacial score (nSPS) is 13.6. The maximum Gasteiger partial charge on any atom is 0.130 e. The summed E-state index contributed by atoms with van der Waals surface area (Å²) in [6.45, 7) is 13.2. The van der Waals surface area contributed by atoms with E-state index in [2.05, 4.69) is 83.5 Å². The highest BCUT2D eigenvalue weighted by atomic mass is 16.3. The fourth-order valence-corrected chi connectivity index (χ4v) is 3.84. The third-order valence-electron chi connectivity index (χ3n) is 5.59. The predicted molar refractivity (Wildman–Crippen MR) is 115 cm³/mol. The van der Waals surface area contributed by atoms with E-state index >= 15 is 0 Å². The van der Waals surface area contributed by atoms with Gasteiger partial charge < -0.3 is 4.42 Å². The van der Waals surface area contributed by atoms with Crippen LogP contribution in [0.15, 0.2) is 46.9 Å². The van der Waals surface area contributed by atoms with Crippen molar-refractivity contribution in [3.63, 3.8) is 0 Å². The van der Waals surface area contributed by atoms with Gasteiger partial charge >= 0.3 is 0 Å². The molecule has 0 fully saturated rings. The molecule has 3 aromatic rings. The van der Waals surface area contributed by atoms with Gasteiger partial charge in [-0.3, -0.25) is 0 Å². The molecule has 1 aliphatic carbocycles. The molecule has 0 atom stereocenters. The molecular weight excluding hydrogens is 328 g/mol. The highest BCUT2D eigenvalue weighted by Crippen LogP contribution is 2.42. The third kappa shape index (κ3) is 3.16. The van der Waals surface area contributed by atoms with Crippen molar-refractivity contribution in [2.75, 3.05) is 0 Å². The fraction of sp³-hybridized carbons (Fsp3) is 0.269. The summed E-state index contributed by atoms with van der Waals surface area (Å²) in [5.74, 6) is 1.88. The summed E-state index contributed by atoms with van der Waals surface area (Å²) < 4.78 is 5.86. The minimum absolute atomic E-state index is 0.167. The lowest BCUT2D eigenvalue weighted by molar-refractivity contribution is 0.522. The van der Waals surface area contributed by atoms with Gasteiger partial charge in [0.15, 0.2) is 0 Å². The van der Waals surface area contributed by atoms with Gasteiger partial charge in [-0.1, -0.05) is 51.1 Å². The predicted octanol–water partition coefficient (Wildman–Crippen LogP) is 7.28. The molecule has 27 heavy (non-hydrogen) atoms. The highest BCUT2D eigenvalue weighted by Gasteiger charge is 2.23. The first kappa shape index (κ1) is 17.9. The molecule has 0 saturated heterocycles. The maximum atomic E-state index is 5.86. The van der Waals surface area contributed by atoms with Crippen LogP contribution in [-0.4, -0.2) is 0 Å². The first-order valence-electron chi connectivity index (χ1n) is 9.62. The number of allylic oxidation sites excluding steroid dienone is 1. The summed E-state index contributed by atoms with van der Waals surface area (Å²) in [7, 11) is 0. The zero-order chi connectivity index (χ0) is 19.3. The van der Waals surface area contributed by atoms with Gasteiger partial charge in [-0.2, -0.15) is 0 Å². The van der Waals surface area contributed by atoms with E-state index in [0.29, 0.717) is 0 Å². The van der Waals surface area contributed by atoms with Crippen LogP contribution in [-0.2, 0) is 5.41 Å². The van der Waals surface area contributed by atoms with Crippen LogP contribution in [0.3, 0.4) is 0 Å². The summed E-state index contributed by atoms with van der Waals surface area (Å²) >= 11 is 0. The van der Waals surface area contributed by atoms with Crippen molar-refractivity contribution in [2.24, 2.45) is 0 Å². The Bertz CT molecular complexity index is 1040. The standard InChI is InChI=1S/C26H27O/c1-16-13-20-14-21(24-12-7-17(2)27-24)15-23(20)25(18(16)3)19-8-10-22(11-9-19)26(4,5)6/h7-15H,1-6H3. The van der Waals surface area contributed by atoms with Crippen molar-refractivity contribution in [3.05, 3.63) is 88.2 Å². The Balaban J connectivity index is 1.84. The Morgan fingerprint density at radius 3 is 2.15 bits per heavy atom. The summed E-state index contributed by atoms with van der Waals surface area (Å²) in [5.41, 5.74) is 10.5. The highest BCUT2D eigenvalue weighted by molar-refractivity contribution is 5.98. The molecule has 0 bridgehead atoms. The summed E-state index contributed by atoms with van der Waals surface area (Å²) in [4.78, 5) is 0. The molecule has 0 aliphatic heterocycles. The topological polar surface area (TPSA) is 13.1 Å². The Hall–Kier alpha value is -2.54. The summed E-state index contributed by atoms with van der Waals surface area (Å²) in [6, 6.07) is 15.4. The van der Waals surface area contributed by atoms with Gasteiger partial charge in [0, 0.05) is 12.0 Å². The Kier molecular flexibility index (Phi) is 4.14. The second-order valence-electron chi connectivity index (χ2n) is 8.68. The van der Waals surface area contributed by atoms with Gasteiger partial charge in [0.25, 0.3) is 0 Å². The number of benzene rings is 2. The molecule has 0 saturated carbocycles. The van der Waals surface area contributed by atoms with E-state index in [1.54, 1.807) is 0 Å². The van der Waals surface area contributed by atoms with Crippen LogP contribution in [0, 0.1) is 27.2 Å². The lowest BCUT2D eigenvalue weighted by atomic mass is 9.84. The second-order valence-corrected chi connectivity index (χ2v) is 8.68. The van der Waals surface area contributed by atoms with Crippen LogP contribution >= 0.6 is 0 Å². The number of hydrogen-bond donors (Lipinski definition) is 0. The van der Waals surface area contributed by atoms with Gasteiger partial charge in [0.05, 0.1) is 0 Å². The molecule has 1 aliphatic rings. The van der Waals surface area contributed by atoms with Crippen LogP contribution in [0.25, 0.3) is 22.8 Å². The van der Waals surface area contributed by atoms with Gasteiger partial charge in [0.2, 0.25) is 0 Å². The lowest BCUT2D eigenvalue weighted by Gasteiger charge is -2.20. The molecule has 1 aromatic heterocycles. The Morgan fingerprint density at radius 1 is 0.852 bits per heavy atom. The fourth-order valence-electron chi connectivity index (χ4n) is 3.84. The molecule has 137 valence electrons. The maximum absolute atomic E-state index is 5.86. The number of rotatable bonds is 2. The van der Waals surface area contributed by atoms with Gasteiger partial charge in [-0.15, -0.1) is 0 Å². The molecule has 4 rings (SSSR count). The lowest BCUT2D eigenvalue weighted by Crippen LogP contribution is -2.10. The van der Waals surface area contributed by atoms with Gasteiger partial charge in [-0.25, -0.2) is 0 Å². The number of furan rings is 1. The van der Waals surface area contributed by atoms with Crippen LogP contribution in [0.1, 0.15) is 60.1 Å². The quantitative estimate of drug-likeness (QED) is 0.471. The molecule has 2 aromatic carbocycles. The molecule has 1 nitrogen and oxygen atoms in total. The zero-order valence-corrected chi connectivity index (χ0v) is 17.1. The van der Waals surface area contributed by atoms with Crippen molar-refractivity contribution in [2.45, 2.75) is 47.0 Å². The smallest absolute Gasteiger partial charge is 0.130 e. The first-order valence-corrected chi connectivity index (χ1v) is 9.62. The Morgan fingerprint density at radius 2 is 1.56 bits per heavy atom. The van der Waals surface area contributed by atoms with E-state index in [4.69, 9.17) is 4.42 Å². The molecule has 0 N–H and O–H groups in total. The van der Waals surface area contributed by atoms with Gasteiger partial charge in [-0.05, 0) is 83.3 Å². The van der Waals surface area contributed by atoms with Crippen molar-refractivity contribution in [1.82, 2.24) is 0 Å². The average molecular weight is 356 g/mol. The van der Waals surface area contributed by atoms with Crippen molar-refractivity contribution in [3.8, 4) is 11.1 Å². The van der Waals surface area contributed by atoms with Crippen molar-refractivity contribution >= 4 is 11.6 Å².